The van der Waals surface area contributed by atoms with Crippen LogP contribution in [0.15, 0.2) is 24.3 Å². The Morgan fingerprint density at radius 3 is 2.25 bits per heavy atom. The van der Waals surface area contributed by atoms with Gasteiger partial charge in [-0.1, -0.05) is 18.1 Å². The Kier molecular flexibility index (Phi) is 2.90. The van der Waals surface area contributed by atoms with E-state index in [2.05, 4.69) is 11.8 Å². The molecule has 1 heteroatoms. The maximum atomic E-state index is 9.21. The van der Waals surface area contributed by atoms with Gasteiger partial charge in [0.05, 0.1) is 6.10 Å². The highest BCUT2D eigenvalue weighted by Crippen LogP contribution is 2.11. The van der Waals surface area contributed by atoms with E-state index in [1.165, 1.54) is 0 Å². The van der Waals surface area contributed by atoms with E-state index >= 15 is 0 Å². The first kappa shape index (κ1) is 8.83. The van der Waals surface area contributed by atoms with Gasteiger partial charge in [-0.05, 0) is 31.5 Å². The van der Waals surface area contributed by atoms with E-state index in [1.54, 1.807) is 6.92 Å². The first-order valence-corrected chi connectivity index (χ1v) is 3.95. The number of hydrogen-bond acceptors (Lipinski definition) is 1. The molecule has 1 N–H and O–H groups in total. The molecule has 0 heterocycles. The number of benzene rings is 1. The van der Waals surface area contributed by atoms with E-state index in [9.17, 15) is 5.11 Å². The Labute approximate surface area is 73.0 Å². The van der Waals surface area contributed by atoms with Crippen LogP contribution < -0.4 is 0 Å². The highest BCUT2D eigenvalue weighted by atomic mass is 16.3. The van der Waals surface area contributed by atoms with Crippen molar-refractivity contribution < 1.29 is 5.11 Å². The lowest BCUT2D eigenvalue weighted by Crippen LogP contribution is -1.89. The summed E-state index contributed by atoms with van der Waals surface area (Å²) < 4.78 is 0. The molecule has 1 rings (SSSR count). The summed E-state index contributed by atoms with van der Waals surface area (Å²) in [4.78, 5) is 0. The van der Waals surface area contributed by atoms with Crippen molar-refractivity contribution in [1.82, 2.24) is 0 Å². The number of aliphatic hydroxyl groups is 1. The Morgan fingerprint density at radius 1 is 1.25 bits per heavy atom. The molecule has 0 fully saturated rings. The fourth-order valence-corrected chi connectivity index (χ4v) is 0.989. The second kappa shape index (κ2) is 3.94. The summed E-state index contributed by atoms with van der Waals surface area (Å²) in [5.74, 6) is 5.76. The van der Waals surface area contributed by atoms with Gasteiger partial charge < -0.3 is 5.11 Å². The first-order valence-electron chi connectivity index (χ1n) is 3.95. The first-order chi connectivity index (χ1) is 5.74. The predicted molar refractivity (Wildman–Crippen MR) is 49.6 cm³/mol. The standard InChI is InChI=1S/C11H12O/c1-3-4-10-5-7-11(8-6-10)9(2)12/h5-9,12H,1-2H3. The molecule has 0 bridgehead atoms. The number of aliphatic hydroxyl groups excluding tert-OH is 1. The molecule has 0 aromatic heterocycles. The number of hydrogen-bond donors (Lipinski definition) is 1. The summed E-state index contributed by atoms with van der Waals surface area (Å²) in [5, 5.41) is 9.21. The van der Waals surface area contributed by atoms with E-state index in [0.717, 1.165) is 11.1 Å². The van der Waals surface area contributed by atoms with Crippen molar-refractivity contribution in [2.45, 2.75) is 20.0 Å². The van der Waals surface area contributed by atoms with Gasteiger partial charge in [0, 0.05) is 5.56 Å². The zero-order valence-electron chi connectivity index (χ0n) is 7.33. The predicted octanol–water partition coefficient (Wildman–Crippen LogP) is 2.11. The Balaban J connectivity index is 2.90. The van der Waals surface area contributed by atoms with Crippen LogP contribution in [0.1, 0.15) is 31.1 Å². The Bertz CT molecular complexity index is 298. The van der Waals surface area contributed by atoms with Crippen molar-refractivity contribution in [1.29, 1.82) is 0 Å². The minimum absolute atomic E-state index is 0.395. The van der Waals surface area contributed by atoms with E-state index in [1.807, 2.05) is 31.2 Å². The van der Waals surface area contributed by atoms with Gasteiger partial charge in [0.2, 0.25) is 0 Å². The van der Waals surface area contributed by atoms with Gasteiger partial charge in [-0.25, -0.2) is 0 Å². The molecular weight excluding hydrogens is 148 g/mol. The second-order valence-electron chi connectivity index (χ2n) is 2.67. The largest absolute Gasteiger partial charge is 0.389 e. The molecule has 1 aromatic rings. The third-order valence-electron chi connectivity index (χ3n) is 1.66. The molecule has 62 valence electrons. The average molecular weight is 160 g/mol. The van der Waals surface area contributed by atoms with Crippen LogP contribution in [0.4, 0.5) is 0 Å². The van der Waals surface area contributed by atoms with Gasteiger partial charge in [0.15, 0.2) is 0 Å². The van der Waals surface area contributed by atoms with E-state index < -0.39 is 6.10 Å². The maximum absolute atomic E-state index is 9.21. The van der Waals surface area contributed by atoms with E-state index in [-0.39, 0.29) is 0 Å². The Morgan fingerprint density at radius 2 is 1.83 bits per heavy atom. The van der Waals surface area contributed by atoms with Crippen molar-refractivity contribution in [2.75, 3.05) is 0 Å². The molecule has 0 aliphatic rings. The van der Waals surface area contributed by atoms with Crippen LogP contribution in [-0.2, 0) is 0 Å². The molecular formula is C11H12O. The summed E-state index contributed by atoms with van der Waals surface area (Å²) in [6.45, 7) is 3.56. The van der Waals surface area contributed by atoms with Crippen LogP contribution in [0.5, 0.6) is 0 Å². The zero-order valence-corrected chi connectivity index (χ0v) is 7.33. The monoisotopic (exact) mass is 160 g/mol. The molecule has 12 heavy (non-hydrogen) atoms. The van der Waals surface area contributed by atoms with Crippen LogP contribution in [0.2, 0.25) is 0 Å². The molecule has 0 saturated heterocycles. The molecule has 0 radical (unpaired) electrons. The Hall–Kier alpha value is -1.26. The third kappa shape index (κ3) is 2.11. The van der Waals surface area contributed by atoms with Gasteiger partial charge in [-0.2, -0.15) is 0 Å². The average Bonchev–Trinajstić information content (AvgIpc) is 2.06. The van der Waals surface area contributed by atoms with Crippen LogP contribution >= 0.6 is 0 Å². The lowest BCUT2D eigenvalue weighted by molar-refractivity contribution is 0.199. The van der Waals surface area contributed by atoms with Gasteiger partial charge in [-0.15, -0.1) is 5.92 Å². The van der Waals surface area contributed by atoms with Crippen molar-refractivity contribution in [3.63, 3.8) is 0 Å². The van der Waals surface area contributed by atoms with E-state index in [4.69, 9.17) is 0 Å². The van der Waals surface area contributed by atoms with Crippen molar-refractivity contribution >= 4 is 0 Å². The van der Waals surface area contributed by atoms with Crippen LogP contribution in [0, 0.1) is 11.8 Å². The van der Waals surface area contributed by atoms with E-state index in [0.29, 0.717) is 0 Å². The fraction of sp³-hybridized carbons (Fsp3) is 0.273. The highest BCUT2D eigenvalue weighted by Gasteiger charge is 1.97. The summed E-state index contributed by atoms with van der Waals surface area (Å²) in [6.07, 6.45) is -0.395. The molecule has 0 amide bonds. The zero-order chi connectivity index (χ0) is 8.97. The lowest BCUT2D eigenvalue weighted by atomic mass is 10.1. The van der Waals surface area contributed by atoms with Crippen LogP contribution in [0.3, 0.4) is 0 Å². The van der Waals surface area contributed by atoms with Gasteiger partial charge in [-0.3, -0.25) is 0 Å². The molecule has 1 unspecified atom stereocenters. The summed E-state index contributed by atoms with van der Waals surface area (Å²) >= 11 is 0. The topological polar surface area (TPSA) is 20.2 Å². The molecule has 1 atom stereocenters. The number of rotatable bonds is 1. The highest BCUT2D eigenvalue weighted by molar-refractivity contribution is 5.36. The fourth-order valence-electron chi connectivity index (χ4n) is 0.989. The van der Waals surface area contributed by atoms with Crippen LogP contribution in [0.25, 0.3) is 0 Å². The second-order valence-corrected chi connectivity index (χ2v) is 2.67. The minimum Gasteiger partial charge on any atom is -0.389 e. The van der Waals surface area contributed by atoms with Gasteiger partial charge in [0.25, 0.3) is 0 Å². The van der Waals surface area contributed by atoms with Crippen molar-refractivity contribution in [3.05, 3.63) is 35.4 Å². The quantitative estimate of drug-likeness (QED) is 0.624. The minimum atomic E-state index is -0.395. The van der Waals surface area contributed by atoms with Crippen molar-refractivity contribution in [3.8, 4) is 11.8 Å². The van der Waals surface area contributed by atoms with Gasteiger partial charge in [0.1, 0.15) is 0 Å². The summed E-state index contributed by atoms with van der Waals surface area (Å²) in [7, 11) is 0. The molecule has 0 aliphatic carbocycles. The molecule has 1 nitrogen and oxygen atoms in total. The molecule has 0 saturated carbocycles. The molecule has 0 spiro atoms. The summed E-state index contributed by atoms with van der Waals surface area (Å²) in [5.41, 5.74) is 1.92. The molecule has 0 aliphatic heterocycles. The molecule has 1 aromatic carbocycles. The van der Waals surface area contributed by atoms with Crippen LogP contribution in [-0.4, -0.2) is 5.11 Å². The normalized spacial score (nSPS) is 11.6. The SMILES string of the molecule is CC#Cc1ccc(C(C)O)cc1. The van der Waals surface area contributed by atoms with Crippen molar-refractivity contribution in [2.24, 2.45) is 0 Å². The van der Waals surface area contributed by atoms with Gasteiger partial charge >= 0.3 is 0 Å². The smallest absolute Gasteiger partial charge is 0.0761 e. The maximum Gasteiger partial charge on any atom is 0.0761 e. The lowest BCUT2D eigenvalue weighted by Gasteiger charge is -2.02. The summed E-state index contributed by atoms with van der Waals surface area (Å²) in [6, 6.07) is 7.62. The third-order valence-corrected chi connectivity index (χ3v) is 1.66.